The number of ketones is 1. The Balaban J connectivity index is 2.63. The Morgan fingerprint density at radius 1 is 1.24 bits per heavy atom. The largest absolute Gasteiger partial charge is 0.368 e. The summed E-state index contributed by atoms with van der Waals surface area (Å²) in [5.74, 6) is -0.0325. The summed E-state index contributed by atoms with van der Waals surface area (Å²) in [4.78, 5) is 11.7. The van der Waals surface area contributed by atoms with Crippen LogP contribution in [0.25, 0.3) is 0 Å². The molecule has 94 valence electrons. The zero-order chi connectivity index (χ0) is 13.1. The molecule has 0 fully saturated rings. The van der Waals surface area contributed by atoms with Gasteiger partial charge in [-0.1, -0.05) is 29.3 Å². The van der Waals surface area contributed by atoms with E-state index in [1.165, 1.54) is 0 Å². The van der Waals surface area contributed by atoms with Crippen LogP contribution in [0.3, 0.4) is 0 Å². The van der Waals surface area contributed by atoms with Gasteiger partial charge in [0.1, 0.15) is 6.61 Å². The lowest BCUT2D eigenvalue weighted by atomic mass is 10.1. The van der Waals surface area contributed by atoms with E-state index in [4.69, 9.17) is 27.9 Å². The predicted octanol–water partition coefficient (Wildman–Crippen LogP) is 3.92. The summed E-state index contributed by atoms with van der Waals surface area (Å²) < 4.78 is 5.41. The molecule has 1 aromatic carbocycles. The van der Waals surface area contributed by atoms with Crippen LogP contribution in [-0.2, 0) is 16.0 Å². The number of halogens is 2. The standard InChI is InChI=1S/C13H16Cl2O2/c1-13(2,3)17-8-9(16)7-10-11(14)5-4-6-12(10)15/h4-6H,7-8H2,1-3H3. The van der Waals surface area contributed by atoms with Crippen LogP contribution < -0.4 is 0 Å². The van der Waals surface area contributed by atoms with Gasteiger partial charge in [-0.2, -0.15) is 0 Å². The Morgan fingerprint density at radius 2 is 1.76 bits per heavy atom. The van der Waals surface area contributed by atoms with Gasteiger partial charge in [-0.15, -0.1) is 0 Å². The molecule has 0 aliphatic rings. The summed E-state index contributed by atoms with van der Waals surface area (Å²) in [7, 11) is 0. The minimum Gasteiger partial charge on any atom is -0.368 e. The SMILES string of the molecule is CC(C)(C)OCC(=O)Cc1c(Cl)cccc1Cl. The zero-order valence-corrected chi connectivity index (χ0v) is 11.7. The molecule has 2 nitrogen and oxygen atoms in total. The number of ether oxygens (including phenoxy) is 1. The van der Waals surface area contributed by atoms with E-state index in [0.29, 0.717) is 15.6 Å². The fourth-order valence-electron chi connectivity index (χ4n) is 1.25. The predicted molar refractivity (Wildman–Crippen MR) is 70.9 cm³/mol. The summed E-state index contributed by atoms with van der Waals surface area (Å²) in [6.07, 6.45) is 0.203. The number of hydrogen-bond acceptors (Lipinski definition) is 2. The lowest BCUT2D eigenvalue weighted by Crippen LogP contribution is -2.24. The van der Waals surface area contributed by atoms with E-state index in [9.17, 15) is 4.79 Å². The van der Waals surface area contributed by atoms with Gasteiger partial charge in [-0.05, 0) is 38.5 Å². The molecule has 0 unspecified atom stereocenters. The number of hydrogen-bond donors (Lipinski definition) is 0. The topological polar surface area (TPSA) is 26.3 Å². The van der Waals surface area contributed by atoms with Gasteiger partial charge >= 0.3 is 0 Å². The van der Waals surface area contributed by atoms with Crippen molar-refractivity contribution in [3.63, 3.8) is 0 Å². The molecule has 0 saturated heterocycles. The summed E-state index contributed by atoms with van der Waals surface area (Å²) in [6, 6.07) is 5.20. The fraction of sp³-hybridized carbons (Fsp3) is 0.462. The average Bonchev–Trinajstić information content (AvgIpc) is 2.20. The first-order valence-corrected chi connectivity index (χ1v) is 6.14. The number of carbonyl (C=O) groups excluding carboxylic acids is 1. The van der Waals surface area contributed by atoms with Crippen molar-refractivity contribution in [2.75, 3.05) is 6.61 Å². The van der Waals surface area contributed by atoms with Gasteiger partial charge in [0, 0.05) is 16.5 Å². The molecule has 0 aliphatic heterocycles. The highest BCUT2D eigenvalue weighted by Crippen LogP contribution is 2.24. The average molecular weight is 275 g/mol. The molecule has 0 saturated carbocycles. The van der Waals surface area contributed by atoms with Gasteiger partial charge in [0.2, 0.25) is 0 Å². The number of rotatable bonds is 4. The van der Waals surface area contributed by atoms with Crippen LogP contribution in [0.4, 0.5) is 0 Å². The van der Waals surface area contributed by atoms with E-state index in [0.717, 1.165) is 0 Å². The third-order valence-corrected chi connectivity index (χ3v) is 2.81. The van der Waals surface area contributed by atoms with Gasteiger partial charge in [0.15, 0.2) is 5.78 Å². The van der Waals surface area contributed by atoms with E-state index in [-0.39, 0.29) is 24.4 Å². The monoisotopic (exact) mass is 274 g/mol. The number of benzene rings is 1. The second-order valence-corrected chi connectivity index (χ2v) is 5.63. The van der Waals surface area contributed by atoms with Gasteiger partial charge in [-0.3, -0.25) is 4.79 Å². The Labute approximate surface area is 112 Å². The van der Waals surface area contributed by atoms with Gasteiger partial charge in [0.05, 0.1) is 5.60 Å². The van der Waals surface area contributed by atoms with Crippen molar-refractivity contribution in [3.8, 4) is 0 Å². The summed E-state index contributed by atoms with van der Waals surface area (Å²) in [6.45, 7) is 5.79. The maximum atomic E-state index is 11.7. The zero-order valence-electron chi connectivity index (χ0n) is 10.2. The summed E-state index contributed by atoms with van der Waals surface area (Å²) in [5.41, 5.74) is 0.346. The highest BCUT2D eigenvalue weighted by Gasteiger charge is 2.15. The Hall–Kier alpha value is -0.570. The van der Waals surface area contributed by atoms with Crippen molar-refractivity contribution in [1.82, 2.24) is 0 Å². The van der Waals surface area contributed by atoms with Crippen molar-refractivity contribution < 1.29 is 9.53 Å². The normalized spacial score (nSPS) is 11.6. The van der Waals surface area contributed by atoms with E-state index in [2.05, 4.69) is 0 Å². The van der Waals surface area contributed by atoms with Crippen molar-refractivity contribution in [3.05, 3.63) is 33.8 Å². The Morgan fingerprint density at radius 3 is 2.24 bits per heavy atom. The molecule has 1 rings (SSSR count). The van der Waals surface area contributed by atoms with Gasteiger partial charge in [-0.25, -0.2) is 0 Å². The maximum Gasteiger partial charge on any atom is 0.162 e. The van der Waals surface area contributed by atoms with Gasteiger partial charge < -0.3 is 4.74 Å². The second kappa shape index (κ2) is 5.85. The van der Waals surface area contributed by atoms with Crippen LogP contribution in [0.2, 0.25) is 10.0 Å². The minimum atomic E-state index is -0.320. The maximum absolute atomic E-state index is 11.7. The molecule has 0 spiro atoms. The summed E-state index contributed by atoms with van der Waals surface area (Å²) >= 11 is 12.0. The second-order valence-electron chi connectivity index (χ2n) is 4.82. The Kier molecular flexibility index (Phi) is 4.99. The molecule has 0 aliphatic carbocycles. The van der Waals surface area contributed by atoms with Crippen molar-refractivity contribution in [2.45, 2.75) is 32.8 Å². The van der Waals surface area contributed by atoms with Crippen molar-refractivity contribution >= 4 is 29.0 Å². The molecule has 0 bridgehead atoms. The smallest absolute Gasteiger partial charge is 0.162 e. The number of carbonyl (C=O) groups is 1. The van der Waals surface area contributed by atoms with Gasteiger partial charge in [0.25, 0.3) is 0 Å². The lowest BCUT2D eigenvalue weighted by molar-refractivity contribution is -0.127. The van der Waals surface area contributed by atoms with E-state index < -0.39 is 0 Å². The fourth-order valence-corrected chi connectivity index (χ4v) is 1.78. The van der Waals surface area contributed by atoms with E-state index >= 15 is 0 Å². The molecular formula is C13H16Cl2O2. The Bertz CT molecular complexity index is 388. The molecule has 1 aromatic rings. The first-order valence-electron chi connectivity index (χ1n) is 5.38. The molecule has 17 heavy (non-hydrogen) atoms. The molecule has 4 heteroatoms. The molecular weight excluding hydrogens is 259 g/mol. The third-order valence-electron chi connectivity index (χ3n) is 2.10. The van der Waals surface area contributed by atoms with Crippen molar-refractivity contribution in [2.24, 2.45) is 0 Å². The first kappa shape index (κ1) is 14.5. The van der Waals surface area contributed by atoms with Crippen molar-refractivity contribution in [1.29, 1.82) is 0 Å². The van der Waals surface area contributed by atoms with E-state index in [1.807, 2.05) is 20.8 Å². The first-order chi connectivity index (χ1) is 7.79. The molecule has 0 heterocycles. The minimum absolute atomic E-state index is 0.0325. The quantitative estimate of drug-likeness (QED) is 0.832. The highest BCUT2D eigenvalue weighted by molar-refractivity contribution is 6.36. The highest BCUT2D eigenvalue weighted by atomic mass is 35.5. The van der Waals surface area contributed by atoms with Crippen LogP contribution in [0.15, 0.2) is 18.2 Å². The molecule has 0 N–H and O–H groups in total. The molecule has 0 aromatic heterocycles. The molecule has 0 amide bonds. The molecule has 0 radical (unpaired) electrons. The van der Waals surface area contributed by atoms with E-state index in [1.54, 1.807) is 18.2 Å². The number of Topliss-reactive ketones (excluding diaryl/α,β-unsaturated/α-hetero) is 1. The summed E-state index contributed by atoms with van der Waals surface area (Å²) in [5, 5.41) is 1.03. The van der Waals surface area contributed by atoms with Crippen LogP contribution in [0, 0.1) is 0 Å². The molecule has 0 atom stereocenters. The lowest BCUT2D eigenvalue weighted by Gasteiger charge is -2.18. The van der Waals surface area contributed by atoms with Crippen LogP contribution in [-0.4, -0.2) is 18.0 Å². The van der Waals surface area contributed by atoms with Crippen LogP contribution >= 0.6 is 23.2 Å². The van der Waals surface area contributed by atoms with Crippen LogP contribution in [0.1, 0.15) is 26.3 Å². The third kappa shape index (κ3) is 5.07. The van der Waals surface area contributed by atoms with Crippen LogP contribution in [0.5, 0.6) is 0 Å².